The number of rotatable bonds is 6. The Labute approximate surface area is 150 Å². The van der Waals surface area contributed by atoms with Gasteiger partial charge in [0.15, 0.2) is 0 Å². The molecule has 0 atom stereocenters. The summed E-state index contributed by atoms with van der Waals surface area (Å²) in [5.74, 6) is -0.735. The first-order valence-electron chi connectivity index (χ1n) is 8.71. The predicted molar refractivity (Wildman–Crippen MR) is 96.1 cm³/mol. The van der Waals surface area contributed by atoms with Crippen molar-refractivity contribution in [2.75, 3.05) is 39.3 Å². The fourth-order valence-corrected chi connectivity index (χ4v) is 2.83. The number of hydrogen-bond acceptors (Lipinski definition) is 5. The van der Waals surface area contributed by atoms with Gasteiger partial charge in [0.25, 0.3) is 11.5 Å². The van der Waals surface area contributed by atoms with Gasteiger partial charge in [-0.1, -0.05) is 0 Å². The molecule has 7 nitrogen and oxygen atoms in total. The van der Waals surface area contributed by atoms with Crippen molar-refractivity contribution in [1.82, 2.24) is 25.3 Å². The fourth-order valence-electron chi connectivity index (χ4n) is 2.83. The van der Waals surface area contributed by atoms with E-state index in [9.17, 15) is 14.0 Å². The SMILES string of the molecule is O=C(NCCCN1CCNCC1)c1ccc(=O)n(-c2ccc(F)cc2)n1. The average molecular weight is 359 g/mol. The van der Waals surface area contributed by atoms with E-state index in [1.165, 1.54) is 36.4 Å². The third-order valence-corrected chi connectivity index (χ3v) is 4.25. The van der Waals surface area contributed by atoms with Crippen molar-refractivity contribution < 1.29 is 9.18 Å². The minimum atomic E-state index is -0.403. The fraction of sp³-hybridized carbons (Fsp3) is 0.389. The molecule has 0 aliphatic carbocycles. The highest BCUT2D eigenvalue weighted by Gasteiger charge is 2.12. The van der Waals surface area contributed by atoms with Crippen LogP contribution in [0.2, 0.25) is 0 Å². The number of aromatic nitrogens is 2. The lowest BCUT2D eigenvalue weighted by molar-refractivity contribution is 0.0944. The summed E-state index contributed by atoms with van der Waals surface area (Å²) < 4.78 is 14.1. The zero-order chi connectivity index (χ0) is 18.4. The van der Waals surface area contributed by atoms with Crippen LogP contribution in [0.25, 0.3) is 5.69 Å². The van der Waals surface area contributed by atoms with Gasteiger partial charge >= 0.3 is 0 Å². The first-order chi connectivity index (χ1) is 12.6. The first-order valence-corrected chi connectivity index (χ1v) is 8.71. The van der Waals surface area contributed by atoms with E-state index in [4.69, 9.17) is 0 Å². The number of benzene rings is 1. The quantitative estimate of drug-likeness (QED) is 0.730. The molecule has 26 heavy (non-hydrogen) atoms. The van der Waals surface area contributed by atoms with E-state index in [2.05, 4.69) is 20.6 Å². The molecule has 1 amide bonds. The molecule has 2 aromatic rings. The maximum atomic E-state index is 13.0. The standard InChI is InChI=1S/C18H22FN5O2/c19-14-2-4-15(5-3-14)24-17(25)7-6-16(22-24)18(26)21-8-1-11-23-12-9-20-10-13-23/h2-7,20H,1,8-13H2,(H,21,26). The van der Waals surface area contributed by atoms with E-state index in [-0.39, 0.29) is 17.2 Å². The van der Waals surface area contributed by atoms with Crippen molar-refractivity contribution in [3.8, 4) is 5.69 Å². The Morgan fingerprint density at radius 1 is 1.15 bits per heavy atom. The maximum absolute atomic E-state index is 13.0. The Morgan fingerprint density at radius 3 is 2.62 bits per heavy atom. The smallest absolute Gasteiger partial charge is 0.271 e. The molecule has 2 heterocycles. The molecule has 1 aromatic carbocycles. The molecular weight excluding hydrogens is 337 g/mol. The topological polar surface area (TPSA) is 79.3 Å². The molecule has 0 spiro atoms. The summed E-state index contributed by atoms with van der Waals surface area (Å²) in [7, 11) is 0. The Balaban J connectivity index is 1.58. The van der Waals surface area contributed by atoms with E-state index in [1.807, 2.05) is 0 Å². The Morgan fingerprint density at radius 2 is 1.88 bits per heavy atom. The van der Waals surface area contributed by atoms with Crippen LogP contribution in [-0.2, 0) is 0 Å². The van der Waals surface area contributed by atoms with Gasteiger partial charge in [-0.3, -0.25) is 9.59 Å². The number of nitrogens with zero attached hydrogens (tertiary/aromatic N) is 3. The summed E-state index contributed by atoms with van der Waals surface area (Å²) in [6, 6.07) is 8.05. The van der Waals surface area contributed by atoms with Gasteiger partial charge in [0, 0.05) is 38.8 Å². The normalized spacial score (nSPS) is 15.0. The van der Waals surface area contributed by atoms with Crippen LogP contribution < -0.4 is 16.2 Å². The van der Waals surface area contributed by atoms with Crippen LogP contribution in [0.4, 0.5) is 4.39 Å². The predicted octanol–water partition coefficient (Wildman–Crippen LogP) is 0.397. The minimum Gasteiger partial charge on any atom is -0.351 e. The second-order valence-corrected chi connectivity index (χ2v) is 6.15. The molecule has 1 aliphatic rings. The van der Waals surface area contributed by atoms with Gasteiger partial charge in [-0.15, -0.1) is 0 Å². The van der Waals surface area contributed by atoms with E-state index in [0.717, 1.165) is 43.8 Å². The van der Waals surface area contributed by atoms with E-state index in [1.54, 1.807) is 0 Å². The number of carbonyl (C=O) groups is 1. The minimum absolute atomic E-state index is 0.149. The summed E-state index contributed by atoms with van der Waals surface area (Å²) in [5.41, 5.74) is 0.174. The monoisotopic (exact) mass is 359 g/mol. The molecule has 3 rings (SSSR count). The zero-order valence-corrected chi connectivity index (χ0v) is 14.4. The Hall–Kier alpha value is -2.58. The summed E-state index contributed by atoms with van der Waals surface area (Å²) in [5, 5.41) is 10.2. The van der Waals surface area contributed by atoms with Crippen molar-refractivity contribution in [3.63, 3.8) is 0 Å². The van der Waals surface area contributed by atoms with Gasteiger partial charge < -0.3 is 15.5 Å². The second kappa shape index (κ2) is 8.68. The average Bonchev–Trinajstić information content (AvgIpc) is 2.67. The van der Waals surface area contributed by atoms with Gasteiger partial charge in [0.1, 0.15) is 11.5 Å². The molecule has 1 aromatic heterocycles. The lowest BCUT2D eigenvalue weighted by atomic mass is 10.3. The lowest BCUT2D eigenvalue weighted by Crippen LogP contribution is -2.44. The van der Waals surface area contributed by atoms with Crippen LogP contribution in [0.3, 0.4) is 0 Å². The number of piperazine rings is 1. The summed E-state index contributed by atoms with van der Waals surface area (Å²) in [6.45, 7) is 5.53. The number of nitrogens with one attached hydrogen (secondary N) is 2. The molecule has 0 radical (unpaired) electrons. The first kappa shape index (κ1) is 18.2. The van der Waals surface area contributed by atoms with Crippen molar-refractivity contribution in [1.29, 1.82) is 0 Å². The molecular formula is C18H22FN5O2. The van der Waals surface area contributed by atoms with Crippen molar-refractivity contribution in [2.24, 2.45) is 0 Å². The molecule has 1 saturated heterocycles. The number of amides is 1. The van der Waals surface area contributed by atoms with Gasteiger partial charge in [-0.2, -0.15) is 9.78 Å². The summed E-state index contributed by atoms with van der Waals surface area (Å²) in [4.78, 5) is 26.6. The molecule has 8 heteroatoms. The maximum Gasteiger partial charge on any atom is 0.271 e. The highest BCUT2D eigenvalue weighted by molar-refractivity contribution is 5.92. The summed E-state index contributed by atoms with van der Waals surface area (Å²) in [6.07, 6.45) is 0.851. The van der Waals surface area contributed by atoms with Crippen LogP contribution in [0, 0.1) is 5.82 Å². The highest BCUT2D eigenvalue weighted by atomic mass is 19.1. The molecule has 2 N–H and O–H groups in total. The molecule has 138 valence electrons. The largest absolute Gasteiger partial charge is 0.351 e. The van der Waals surface area contributed by atoms with Gasteiger partial charge in [-0.05, 0) is 43.3 Å². The van der Waals surface area contributed by atoms with Crippen LogP contribution in [0.15, 0.2) is 41.2 Å². The molecule has 0 unspecified atom stereocenters. The van der Waals surface area contributed by atoms with Crippen molar-refractivity contribution in [2.45, 2.75) is 6.42 Å². The Kier molecular flexibility index (Phi) is 6.08. The van der Waals surface area contributed by atoms with Gasteiger partial charge in [0.05, 0.1) is 5.69 Å². The molecule has 1 aliphatic heterocycles. The van der Waals surface area contributed by atoms with Crippen LogP contribution in [0.1, 0.15) is 16.9 Å². The second-order valence-electron chi connectivity index (χ2n) is 6.15. The number of halogens is 1. The van der Waals surface area contributed by atoms with Crippen LogP contribution in [-0.4, -0.2) is 59.9 Å². The highest BCUT2D eigenvalue weighted by Crippen LogP contribution is 2.06. The number of hydrogen-bond donors (Lipinski definition) is 2. The van der Waals surface area contributed by atoms with Crippen LogP contribution in [0.5, 0.6) is 0 Å². The van der Waals surface area contributed by atoms with E-state index < -0.39 is 5.82 Å². The molecule has 0 saturated carbocycles. The number of carbonyl (C=O) groups excluding carboxylic acids is 1. The third-order valence-electron chi connectivity index (χ3n) is 4.25. The molecule has 0 bridgehead atoms. The molecule has 1 fully saturated rings. The van der Waals surface area contributed by atoms with E-state index >= 15 is 0 Å². The summed E-state index contributed by atoms with van der Waals surface area (Å²) >= 11 is 0. The van der Waals surface area contributed by atoms with E-state index in [0.29, 0.717) is 12.2 Å². The van der Waals surface area contributed by atoms with Gasteiger partial charge in [0.2, 0.25) is 0 Å². The van der Waals surface area contributed by atoms with Crippen molar-refractivity contribution in [3.05, 3.63) is 58.3 Å². The van der Waals surface area contributed by atoms with Gasteiger partial charge in [-0.25, -0.2) is 4.39 Å². The zero-order valence-electron chi connectivity index (χ0n) is 14.4. The third kappa shape index (κ3) is 4.74. The Bertz CT molecular complexity index is 800. The van der Waals surface area contributed by atoms with Crippen LogP contribution >= 0.6 is 0 Å². The lowest BCUT2D eigenvalue weighted by Gasteiger charge is -2.27. The van der Waals surface area contributed by atoms with Crippen molar-refractivity contribution >= 4 is 5.91 Å².